The number of benzene rings is 1. The molecule has 1 aromatic rings. The van der Waals surface area contributed by atoms with Gasteiger partial charge in [-0.15, -0.1) is 0 Å². The maximum atomic E-state index is 14.3. The number of phenolic OH excluding ortho intramolecular Hbond substituents is 1. The van der Waals surface area contributed by atoms with Gasteiger partial charge < -0.3 is 10.2 Å². The minimum atomic E-state index is -0.608. The van der Waals surface area contributed by atoms with E-state index >= 15 is 0 Å². The molecule has 2 N–H and O–H groups in total. The molecule has 5 atom stereocenters. The fraction of sp³-hybridized carbons (Fsp3) is 0.684. The first-order valence-corrected chi connectivity index (χ1v) is 9.82. The number of hydrogen-bond donors (Lipinski definition) is 2. The highest BCUT2D eigenvalue weighted by Gasteiger charge is 2.61. The van der Waals surface area contributed by atoms with Gasteiger partial charge in [0.25, 0.3) is 0 Å². The Morgan fingerprint density at radius 1 is 1.26 bits per heavy atom. The first-order chi connectivity index (χ1) is 10.9. The monoisotopic (exact) mass is 382 g/mol. The van der Waals surface area contributed by atoms with Crippen LogP contribution < -0.4 is 0 Å². The fourth-order valence-corrected chi connectivity index (χ4v) is 6.86. The van der Waals surface area contributed by atoms with Crippen molar-refractivity contribution in [3.8, 4) is 5.75 Å². The second-order valence-electron chi connectivity index (χ2n) is 8.04. The number of hydrogen-bond acceptors (Lipinski definition) is 2. The van der Waals surface area contributed by atoms with Gasteiger partial charge in [0.15, 0.2) is 11.6 Å². The highest BCUT2D eigenvalue weighted by molar-refractivity contribution is 9.09. The van der Waals surface area contributed by atoms with Gasteiger partial charge in [0, 0.05) is 10.7 Å². The zero-order chi connectivity index (χ0) is 16.4. The van der Waals surface area contributed by atoms with Crippen molar-refractivity contribution in [2.24, 2.45) is 17.3 Å². The lowest BCUT2D eigenvalue weighted by Crippen LogP contribution is -2.51. The van der Waals surface area contributed by atoms with Crippen molar-refractivity contribution in [3.05, 3.63) is 29.1 Å². The predicted molar refractivity (Wildman–Crippen MR) is 91.4 cm³/mol. The molecule has 23 heavy (non-hydrogen) atoms. The second-order valence-corrected chi connectivity index (χ2v) is 8.60. The molecule has 2 saturated carbocycles. The molecule has 3 aliphatic rings. The molecule has 4 heteroatoms. The van der Waals surface area contributed by atoms with Crippen LogP contribution in [-0.4, -0.2) is 21.1 Å². The van der Waals surface area contributed by atoms with Crippen molar-refractivity contribution in [3.63, 3.8) is 0 Å². The molecule has 0 amide bonds. The Bertz CT molecular complexity index is 649. The van der Waals surface area contributed by atoms with Gasteiger partial charge in [0.1, 0.15) is 0 Å². The summed E-state index contributed by atoms with van der Waals surface area (Å²) in [6.07, 6.45) is 5.59. The highest BCUT2D eigenvalue weighted by atomic mass is 79.9. The summed E-state index contributed by atoms with van der Waals surface area (Å²) in [4.78, 5) is 0. The molecule has 126 valence electrons. The van der Waals surface area contributed by atoms with Crippen LogP contribution in [0.5, 0.6) is 5.75 Å². The number of aliphatic hydroxyl groups is 1. The average molecular weight is 383 g/mol. The molecule has 0 unspecified atom stereocenters. The van der Waals surface area contributed by atoms with E-state index < -0.39 is 11.4 Å². The lowest BCUT2D eigenvalue weighted by molar-refractivity contribution is -0.0862. The van der Waals surface area contributed by atoms with Crippen molar-refractivity contribution in [2.75, 3.05) is 5.33 Å². The minimum absolute atomic E-state index is 0.0371. The highest BCUT2D eigenvalue weighted by Crippen LogP contribution is 2.64. The third-order valence-corrected chi connectivity index (χ3v) is 8.29. The smallest absolute Gasteiger partial charge is 0.168 e. The Labute approximate surface area is 145 Å². The van der Waals surface area contributed by atoms with Gasteiger partial charge in [-0.25, -0.2) is 4.39 Å². The van der Waals surface area contributed by atoms with Gasteiger partial charge in [-0.2, -0.15) is 0 Å². The zero-order valence-electron chi connectivity index (χ0n) is 13.5. The number of alkyl halides is 1. The van der Waals surface area contributed by atoms with E-state index in [9.17, 15) is 14.6 Å². The van der Waals surface area contributed by atoms with Crippen LogP contribution in [0.2, 0.25) is 0 Å². The molecule has 2 nitrogen and oxygen atoms in total. The van der Waals surface area contributed by atoms with Crippen LogP contribution in [0.3, 0.4) is 0 Å². The van der Waals surface area contributed by atoms with Crippen LogP contribution in [0.15, 0.2) is 12.1 Å². The second kappa shape index (κ2) is 5.19. The molecule has 0 spiro atoms. The van der Waals surface area contributed by atoms with Crippen LogP contribution >= 0.6 is 15.9 Å². The van der Waals surface area contributed by atoms with Gasteiger partial charge >= 0.3 is 0 Å². The van der Waals surface area contributed by atoms with Crippen LogP contribution in [0.1, 0.15) is 56.1 Å². The molecule has 0 bridgehead atoms. The summed E-state index contributed by atoms with van der Waals surface area (Å²) in [5.41, 5.74) is 1.18. The number of halogens is 2. The summed E-state index contributed by atoms with van der Waals surface area (Å²) in [7, 11) is 0. The normalized spacial score (nSPS) is 42.0. The van der Waals surface area contributed by atoms with Crippen molar-refractivity contribution < 1.29 is 14.6 Å². The Morgan fingerprint density at radius 3 is 2.78 bits per heavy atom. The number of phenols is 1. The van der Waals surface area contributed by atoms with Gasteiger partial charge in [0.2, 0.25) is 0 Å². The Kier molecular flexibility index (Phi) is 3.59. The molecular weight excluding hydrogens is 359 g/mol. The summed E-state index contributed by atoms with van der Waals surface area (Å²) in [6, 6.07) is 3.44. The number of fused-ring (bicyclic) bond motifs is 5. The van der Waals surface area contributed by atoms with E-state index in [0.29, 0.717) is 29.5 Å². The van der Waals surface area contributed by atoms with E-state index in [2.05, 4.69) is 22.9 Å². The summed E-state index contributed by atoms with van der Waals surface area (Å²) < 4.78 is 14.3. The quantitative estimate of drug-likeness (QED) is 0.701. The zero-order valence-corrected chi connectivity index (χ0v) is 15.1. The number of aromatic hydroxyl groups is 1. The summed E-state index contributed by atoms with van der Waals surface area (Å²) >= 11 is 3.53. The van der Waals surface area contributed by atoms with E-state index in [-0.39, 0.29) is 11.2 Å². The van der Waals surface area contributed by atoms with Gasteiger partial charge in [-0.05, 0) is 73.5 Å². The summed E-state index contributed by atoms with van der Waals surface area (Å²) in [6.45, 7) is 2.26. The SMILES string of the molecule is C[C@]12CC[C@@H]3c4ccc(O)c(F)c4CC[C@H]3[C@@H]1CC[C@@]2(O)CBr. The van der Waals surface area contributed by atoms with Crippen molar-refractivity contribution in [1.29, 1.82) is 0 Å². The molecular formula is C19H24BrFO2. The van der Waals surface area contributed by atoms with Gasteiger partial charge in [0.05, 0.1) is 5.60 Å². The molecule has 0 aromatic heterocycles. The minimum Gasteiger partial charge on any atom is -0.505 e. The van der Waals surface area contributed by atoms with Crippen molar-refractivity contribution in [2.45, 2.75) is 57.0 Å². The Hall–Kier alpha value is -0.610. The lowest BCUT2D eigenvalue weighted by atomic mass is 9.53. The first-order valence-electron chi connectivity index (χ1n) is 8.70. The summed E-state index contributed by atoms with van der Waals surface area (Å²) in [5.74, 6) is 0.770. The third-order valence-electron chi connectivity index (χ3n) is 7.37. The van der Waals surface area contributed by atoms with E-state index in [1.165, 1.54) is 6.07 Å². The maximum Gasteiger partial charge on any atom is 0.168 e. The molecule has 0 heterocycles. The molecule has 1 aromatic carbocycles. The average Bonchev–Trinajstić information content (AvgIpc) is 2.83. The third kappa shape index (κ3) is 2.00. The predicted octanol–water partition coefficient (Wildman–Crippen LogP) is 4.51. The molecule has 0 aliphatic heterocycles. The van der Waals surface area contributed by atoms with Crippen LogP contribution in [0.4, 0.5) is 4.39 Å². The molecule has 0 radical (unpaired) electrons. The molecule has 3 aliphatic carbocycles. The maximum absolute atomic E-state index is 14.3. The Morgan fingerprint density at radius 2 is 2.04 bits per heavy atom. The van der Waals surface area contributed by atoms with E-state index in [1.807, 2.05) is 6.07 Å². The largest absolute Gasteiger partial charge is 0.505 e. The topological polar surface area (TPSA) is 40.5 Å². The molecule has 2 fully saturated rings. The van der Waals surface area contributed by atoms with Crippen molar-refractivity contribution >= 4 is 15.9 Å². The van der Waals surface area contributed by atoms with Crippen LogP contribution in [0.25, 0.3) is 0 Å². The van der Waals surface area contributed by atoms with Crippen LogP contribution in [-0.2, 0) is 6.42 Å². The van der Waals surface area contributed by atoms with Gasteiger partial charge in [-0.3, -0.25) is 0 Å². The lowest BCUT2D eigenvalue weighted by Gasteiger charge is -2.53. The first kappa shape index (κ1) is 15.9. The number of rotatable bonds is 1. The molecule has 0 saturated heterocycles. The van der Waals surface area contributed by atoms with E-state index in [1.54, 1.807) is 0 Å². The standard InChI is InChI=1S/C19H24BrFO2/c1-18-8-6-12-11-4-5-16(22)17(21)14(11)3-2-13(12)15(18)7-9-19(18,23)10-20/h4-5,12-13,15,22-23H,2-3,6-10H2,1H3/t12-,13-,15+,18+,19-/m1/s1. The summed E-state index contributed by atoms with van der Waals surface area (Å²) in [5, 5.41) is 21.4. The fourth-order valence-electron chi connectivity index (χ4n) is 5.94. The Balaban J connectivity index is 1.72. The van der Waals surface area contributed by atoms with Gasteiger partial charge in [-0.1, -0.05) is 28.9 Å². The van der Waals surface area contributed by atoms with Crippen LogP contribution in [0, 0.1) is 23.1 Å². The van der Waals surface area contributed by atoms with E-state index in [4.69, 9.17) is 0 Å². The van der Waals surface area contributed by atoms with Crippen molar-refractivity contribution in [1.82, 2.24) is 0 Å². The molecule has 4 rings (SSSR count). The van der Waals surface area contributed by atoms with E-state index in [0.717, 1.165) is 43.2 Å².